The number of carbonyl (C=O) groups excluding carboxylic acids is 1. The fraction of sp³-hybridized carbons (Fsp3) is 0.333. The number of hydrogen-bond acceptors (Lipinski definition) is 5. The van der Waals surface area contributed by atoms with Gasteiger partial charge in [-0.2, -0.15) is 0 Å². The van der Waals surface area contributed by atoms with Gasteiger partial charge in [0.2, 0.25) is 0 Å². The van der Waals surface area contributed by atoms with Gasteiger partial charge in [-0.25, -0.2) is 4.98 Å². The van der Waals surface area contributed by atoms with E-state index in [1.165, 1.54) is 0 Å². The molecule has 7 heteroatoms. The fourth-order valence-corrected chi connectivity index (χ4v) is 4.40. The quantitative estimate of drug-likeness (QED) is 0.641. The van der Waals surface area contributed by atoms with E-state index in [2.05, 4.69) is 36.8 Å². The van der Waals surface area contributed by atoms with Crippen LogP contribution in [0.2, 0.25) is 0 Å². The first-order valence-corrected chi connectivity index (χ1v) is 8.93. The van der Waals surface area contributed by atoms with E-state index in [1.54, 1.807) is 22.7 Å². The van der Waals surface area contributed by atoms with E-state index in [0.717, 1.165) is 23.8 Å². The van der Waals surface area contributed by atoms with Crippen molar-refractivity contribution in [1.82, 2.24) is 4.98 Å². The summed E-state index contributed by atoms with van der Waals surface area (Å²) >= 11 is 10.2. The lowest BCUT2D eigenvalue weighted by atomic mass is 10.2. The van der Waals surface area contributed by atoms with E-state index in [9.17, 15) is 4.79 Å². The van der Waals surface area contributed by atoms with Crippen LogP contribution in [0.1, 0.15) is 19.0 Å². The largest absolute Gasteiger partial charge is 0.466 e. The highest BCUT2D eigenvalue weighted by Gasteiger charge is 2.11. The molecule has 3 nitrogen and oxygen atoms in total. The van der Waals surface area contributed by atoms with E-state index in [4.69, 9.17) is 4.74 Å². The van der Waals surface area contributed by atoms with Crippen LogP contribution in [0.25, 0.3) is 9.88 Å². The number of carbonyl (C=O) groups is 1. The summed E-state index contributed by atoms with van der Waals surface area (Å²) < 4.78 is 7.00. The Bertz CT molecular complexity index is 561. The molecule has 0 fully saturated rings. The fourth-order valence-electron chi connectivity index (χ4n) is 1.45. The Labute approximate surface area is 136 Å². The summed E-state index contributed by atoms with van der Waals surface area (Å²) in [6.07, 6.45) is 1.01. The molecule has 0 aromatic carbocycles. The van der Waals surface area contributed by atoms with Gasteiger partial charge >= 0.3 is 5.97 Å². The van der Waals surface area contributed by atoms with Crippen molar-refractivity contribution in [3.05, 3.63) is 25.4 Å². The highest BCUT2D eigenvalue weighted by molar-refractivity contribution is 9.13. The highest BCUT2D eigenvalue weighted by Crippen LogP contribution is 2.39. The lowest BCUT2D eigenvalue weighted by Crippen LogP contribution is -2.05. The van der Waals surface area contributed by atoms with E-state index in [0.29, 0.717) is 19.4 Å². The molecule has 2 rings (SSSR count). The minimum atomic E-state index is -0.168. The third-order valence-electron chi connectivity index (χ3n) is 2.30. The van der Waals surface area contributed by atoms with Crippen LogP contribution < -0.4 is 0 Å². The molecule has 0 unspecified atom stereocenters. The minimum absolute atomic E-state index is 0.168. The second kappa shape index (κ2) is 6.97. The second-order valence-corrected chi connectivity index (χ2v) is 7.76. The lowest BCUT2D eigenvalue weighted by Gasteiger charge is -1.99. The maximum absolute atomic E-state index is 11.3. The average molecular weight is 425 g/mol. The number of halogens is 2. The minimum Gasteiger partial charge on any atom is -0.466 e. The van der Waals surface area contributed by atoms with Crippen molar-refractivity contribution in [1.29, 1.82) is 0 Å². The zero-order valence-corrected chi connectivity index (χ0v) is 14.9. The van der Waals surface area contributed by atoms with Gasteiger partial charge in [-0.1, -0.05) is 0 Å². The Morgan fingerprint density at radius 1 is 1.47 bits per heavy atom. The molecule has 0 N–H and O–H groups in total. The number of aryl methyl sites for hydroxylation is 1. The van der Waals surface area contributed by atoms with Crippen molar-refractivity contribution in [3.63, 3.8) is 0 Å². The van der Waals surface area contributed by atoms with Gasteiger partial charge in [-0.05, 0) is 44.8 Å². The molecule has 102 valence electrons. The van der Waals surface area contributed by atoms with Gasteiger partial charge in [-0.3, -0.25) is 4.79 Å². The monoisotopic (exact) mass is 423 g/mol. The van der Waals surface area contributed by atoms with E-state index in [-0.39, 0.29) is 5.97 Å². The van der Waals surface area contributed by atoms with Crippen LogP contribution in [0, 0.1) is 0 Å². The molecule has 0 amide bonds. The average Bonchev–Trinajstić information content (AvgIpc) is 2.95. The predicted molar refractivity (Wildman–Crippen MR) is 85.8 cm³/mol. The molecule has 0 radical (unpaired) electrons. The number of rotatable bonds is 5. The standard InChI is InChI=1S/C12H11Br2NO2S2/c1-2-17-10(16)4-3-7-6-18-12(15-7)9-5-8(13)11(14)19-9/h5-6H,2-4H2,1H3. The van der Waals surface area contributed by atoms with Crippen molar-refractivity contribution in [2.45, 2.75) is 19.8 Å². The molecule has 2 aromatic heterocycles. The van der Waals surface area contributed by atoms with Gasteiger partial charge in [0.05, 0.1) is 27.4 Å². The van der Waals surface area contributed by atoms with Gasteiger partial charge in [0.25, 0.3) is 0 Å². The predicted octanol–water partition coefficient (Wildman–Crippen LogP) is 4.89. The first-order valence-electron chi connectivity index (χ1n) is 5.65. The van der Waals surface area contributed by atoms with Crippen molar-refractivity contribution < 1.29 is 9.53 Å². The second-order valence-electron chi connectivity index (χ2n) is 3.68. The molecule has 0 aliphatic heterocycles. The molecule has 0 aliphatic carbocycles. The van der Waals surface area contributed by atoms with Crippen LogP contribution in [0.5, 0.6) is 0 Å². The van der Waals surface area contributed by atoms with Crippen LogP contribution in [-0.2, 0) is 16.0 Å². The maximum Gasteiger partial charge on any atom is 0.306 e. The number of esters is 1. The van der Waals surface area contributed by atoms with Crippen LogP contribution >= 0.6 is 54.5 Å². The molecule has 0 aliphatic rings. The number of thiazole rings is 1. The number of ether oxygens (including phenoxy) is 1. The molecule has 0 saturated carbocycles. The van der Waals surface area contributed by atoms with Crippen molar-refractivity contribution in [2.24, 2.45) is 0 Å². The molecular formula is C12H11Br2NO2S2. The topological polar surface area (TPSA) is 39.2 Å². The Balaban J connectivity index is 2.01. The summed E-state index contributed by atoms with van der Waals surface area (Å²) in [7, 11) is 0. The number of nitrogens with zero attached hydrogens (tertiary/aromatic N) is 1. The molecular weight excluding hydrogens is 414 g/mol. The SMILES string of the molecule is CCOC(=O)CCc1csc(-c2cc(Br)c(Br)s2)n1. The van der Waals surface area contributed by atoms with Gasteiger partial charge in [-0.15, -0.1) is 22.7 Å². The molecule has 2 heterocycles. The summed E-state index contributed by atoms with van der Waals surface area (Å²) in [5.74, 6) is -0.168. The summed E-state index contributed by atoms with van der Waals surface area (Å²) in [6, 6.07) is 2.04. The van der Waals surface area contributed by atoms with Crippen LogP contribution in [0.15, 0.2) is 19.7 Å². The lowest BCUT2D eigenvalue weighted by molar-refractivity contribution is -0.143. The zero-order valence-electron chi connectivity index (χ0n) is 10.1. The van der Waals surface area contributed by atoms with E-state index >= 15 is 0 Å². The molecule has 0 bridgehead atoms. The Morgan fingerprint density at radius 2 is 2.26 bits per heavy atom. The number of aromatic nitrogens is 1. The van der Waals surface area contributed by atoms with Crippen LogP contribution in [0.3, 0.4) is 0 Å². The maximum atomic E-state index is 11.3. The number of thiophene rings is 1. The smallest absolute Gasteiger partial charge is 0.306 e. The van der Waals surface area contributed by atoms with E-state index < -0.39 is 0 Å². The molecule has 0 atom stereocenters. The third kappa shape index (κ3) is 4.11. The summed E-state index contributed by atoms with van der Waals surface area (Å²) in [5, 5.41) is 2.98. The Hall–Kier alpha value is -0.240. The molecule has 2 aromatic rings. The third-order valence-corrected chi connectivity index (χ3v) is 6.61. The first-order chi connectivity index (χ1) is 9.10. The van der Waals surface area contributed by atoms with Crippen molar-refractivity contribution >= 4 is 60.5 Å². The van der Waals surface area contributed by atoms with Crippen LogP contribution in [0.4, 0.5) is 0 Å². The summed E-state index contributed by atoms with van der Waals surface area (Å²) in [4.78, 5) is 16.9. The normalized spacial score (nSPS) is 10.7. The van der Waals surface area contributed by atoms with Crippen molar-refractivity contribution in [2.75, 3.05) is 6.61 Å². The van der Waals surface area contributed by atoms with Gasteiger partial charge in [0.15, 0.2) is 0 Å². The van der Waals surface area contributed by atoms with Crippen LogP contribution in [-0.4, -0.2) is 17.6 Å². The molecule has 0 saturated heterocycles. The zero-order chi connectivity index (χ0) is 13.8. The van der Waals surface area contributed by atoms with Gasteiger partial charge in [0, 0.05) is 16.3 Å². The van der Waals surface area contributed by atoms with Gasteiger partial charge < -0.3 is 4.74 Å². The molecule has 19 heavy (non-hydrogen) atoms. The van der Waals surface area contributed by atoms with E-state index in [1.807, 2.05) is 18.4 Å². The summed E-state index contributed by atoms with van der Waals surface area (Å²) in [5.41, 5.74) is 0.939. The highest BCUT2D eigenvalue weighted by atomic mass is 79.9. The Kier molecular flexibility index (Phi) is 5.56. The number of hydrogen-bond donors (Lipinski definition) is 0. The van der Waals surface area contributed by atoms with Gasteiger partial charge in [0.1, 0.15) is 5.01 Å². The Morgan fingerprint density at radius 3 is 2.89 bits per heavy atom. The van der Waals surface area contributed by atoms with Crippen molar-refractivity contribution in [3.8, 4) is 9.88 Å². The molecule has 0 spiro atoms. The first kappa shape index (κ1) is 15.2. The summed E-state index contributed by atoms with van der Waals surface area (Å²) in [6.45, 7) is 2.24.